The van der Waals surface area contributed by atoms with Gasteiger partial charge in [0.15, 0.2) is 5.89 Å². The van der Waals surface area contributed by atoms with Gasteiger partial charge in [-0.3, -0.25) is 33.7 Å². The number of amides is 1. The van der Waals surface area contributed by atoms with Crippen LogP contribution < -0.4 is 16.8 Å². The Morgan fingerprint density at radius 1 is 0.768 bits per heavy atom. The first-order chi connectivity index (χ1) is 33.5. The summed E-state index contributed by atoms with van der Waals surface area (Å²) in [6, 6.07) is 24.2. The second-order valence-corrected chi connectivity index (χ2v) is 16.2. The number of carboxylic acids is 1. The Hall–Kier alpha value is -7.46. The number of nitrogens with zero attached hydrogens (tertiary/aromatic N) is 5. The predicted octanol–water partition coefficient (Wildman–Crippen LogP) is 10.1. The van der Waals surface area contributed by atoms with Gasteiger partial charge in [-0.15, -0.1) is 18.8 Å². The van der Waals surface area contributed by atoms with Crippen LogP contribution in [-0.4, -0.2) is 61.4 Å². The molecule has 5 aromatic heterocycles. The molecule has 0 aliphatic rings. The van der Waals surface area contributed by atoms with E-state index in [0.717, 1.165) is 66.2 Å². The van der Waals surface area contributed by atoms with Gasteiger partial charge in [0.2, 0.25) is 5.76 Å². The number of nitrogens with one attached hydrogen (secondary N) is 1. The molecule has 0 aliphatic carbocycles. The minimum Gasteiger partial charge on any atom is -0.481 e. The zero-order valence-corrected chi connectivity index (χ0v) is 39.9. The fourth-order valence-electron chi connectivity index (χ4n) is 6.58. The normalized spacial score (nSPS) is 10.3. The summed E-state index contributed by atoms with van der Waals surface area (Å²) in [7, 11) is -1.00. The van der Waals surface area contributed by atoms with E-state index in [1.54, 1.807) is 48.9 Å². The topological polar surface area (TPSA) is 213 Å². The van der Waals surface area contributed by atoms with Crippen molar-refractivity contribution in [3.05, 3.63) is 164 Å². The number of hydrogen-bond donors (Lipinski definition) is 4. The molecule has 0 radical (unpaired) electrons. The van der Waals surface area contributed by atoms with E-state index < -0.39 is 13.1 Å². The number of pyridine rings is 4. The maximum atomic E-state index is 12.5. The van der Waals surface area contributed by atoms with E-state index in [2.05, 4.69) is 48.5 Å². The van der Waals surface area contributed by atoms with E-state index in [1.807, 2.05) is 62.4 Å². The molecule has 5 heterocycles. The highest BCUT2D eigenvalue weighted by molar-refractivity contribution is 6.31. The molecule has 8 rings (SSSR count). The number of fused-ring (bicyclic) bond motifs is 3. The van der Waals surface area contributed by atoms with Crippen molar-refractivity contribution < 1.29 is 29.7 Å². The van der Waals surface area contributed by atoms with Gasteiger partial charge in [0.1, 0.15) is 11.6 Å². The van der Waals surface area contributed by atoms with E-state index in [-0.39, 0.29) is 23.9 Å². The lowest BCUT2D eigenvalue weighted by Gasteiger charge is -2.10. The number of halogens is 4. The SMILES string of the molecule is C#CCCC(=O)Cc1ccc2ncc(Cl)cc2c1.C#CCN.Cc1cc(N)nc(C)c1CNC(=O)c1cnc(Cc2ccc3ncc(Cl)cc3c2)o1.O=C(O)Cc1ccc2ncc(Cl)cc2c1.[2H]CF. The van der Waals surface area contributed by atoms with Crippen molar-refractivity contribution in [3.63, 3.8) is 0 Å². The van der Waals surface area contributed by atoms with Crippen molar-refractivity contribution in [3.8, 4) is 24.7 Å². The van der Waals surface area contributed by atoms with Gasteiger partial charge in [-0.2, -0.15) is 0 Å². The van der Waals surface area contributed by atoms with Crippen LogP contribution >= 0.6 is 34.8 Å². The minimum atomic E-state index is -1.00. The standard InChI is InChI=1S/C22H20ClN5O2.C15H12ClNO.C11H8ClNO2.C3H5N.CH3F/c1-12-5-20(24)28-13(2)17(12)10-27-22(29)19-11-26-21(30-19)7-14-3-4-18-15(6-14)8-16(23)9-25-18;1-2-3-4-14(18)8-11-5-6-15-12(7-11)9-13(16)10-17-15;12-9-5-8-3-7(4-11(14)15)1-2-10(8)13-6-9;1-2-3-4;1-2/h3-6,8-9,11H,7,10H2,1-2H3,(H2,24,28)(H,27,29);1,5-7,9-10H,3-4,8H2;1-3,5-6H,4H2,(H,14,15);1H,3-4H2;1H3/i;;;;1D. The molecule has 1 amide bonds. The molecule has 0 aliphatic heterocycles. The van der Waals surface area contributed by atoms with Gasteiger partial charge in [0.05, 0.1) is 59.3 Å². The summed E-state index contributed by atoms with van der Waals surface area (Å²) in [5, 5.41) is 16.0. The Morgan fingerprint density at radius 3 is 1.74 bits per heavy atom. The Kier molecular flexibility index (Phi) is 20.8. The van der Waals surface area contributed by atoms with Gasteiger partial charge >= 0.3 is 5.97 Å². The van der Waals surface area contributed by atoms with Crippen LogP contribution in [0.5, 0.6) is 0 Å². The maximum absolute atomic E-state index is 12.5. The second kappa shape index (κ2) is 27.4. The minimum absolute atomic E-state index is 0.0163. The fourth-order valence-corrected chi connectivity index (χ4v) is 7.08. The predicted molar refractivity (Wildman–Crippen MR) is 272 cm³/mol. The van der Waals surface area contributed by atoms with Crippen molar-refractivity contribution in [2.75, 3.05) is 19.4 Å². The number of Topliss-reactive ketones (excluding diaryl/α,β-unsaturated/α-hetero) is 1. The van der Waals surface area contributed by atoms with E-state index in [9.17, 15) is 18.8 Å². The summed E-state index contributed by atoms with van der Waals surface area (Å²) in [5.74, 6) is 4.74. The maximum Gasteiger partial charge on any atom is 0.307 e. The van der Waals surface area contributed by atoms with Crippen LogP contribution in [0.4, 0.5) is 10.2 Å². The summed E-state index contributed by atoms with van der Waals surface area (Å²) in [6.07, 6.45) is 17.8. The monoisotopic (exact) mass is 989 g/mol. The second-order valence-electron chi connectivity index (χ2n) is 14.8. The zero-order valence-electron chi connectivity index (χ0n) is 38.6. The number of aryl methyl sites for hydroxylation is 2. The summed E-state index contributed by atoms with van der Waals surface area (Å²) >= 11 is 17.7. The summed E-state index contributed by atoms with van der Waals surface area (Å²) < 4.78 is 21.2. The number of terminal acetylenes is 2. The van der Waals surface area contributed by atoms with Gasteiger partial charge in [0, 0.05) is 72.7 Å². The molecule has 8 aromatic rings. The number of anilines is 1. The van der Waals surface area contributed by atoms with Gasteiger partial charge < -0.3 is 26.3 Å². The number of hydrogen-bond acceptors (Lipinski definition) is 11. The highest BCUT2D eigenvalue weighted by atomic mass is 35.5. The van der Waals surface area contributed by atoms with Crippen LogP contribution in [0, 0.1) is 38.5 Å². The fraction of sp³-hybridized carbons (Fsp3) is 0.192. The molecular formula is C52H48Cl3FN8O5. The molecule has 0 saturated carbocycles. The number of oxazole rings is 1. The molecule has 0 unspecified atom stereocenters. The molecule has 0 atom stereocenters. The molecule has 0 bridgehead atoms. The van der Waals surface area contributed by atoms with Crippen LogP contribution in [0.15, 0.2) is 108 Å². The van der Waals surface area contributed by atoms with E-state index in [0.29, 0.717) is 65.5 Å². The number of nitrogens with two attached hydrogens (primary N) is 2. The van der Waals surface area contributed by atoms with Crippen molar-refractivity contribution in [1.82, 2.24) is 30.2 Å². The number of rotatable bonds is 11. The smallest absolute Gasteiger partial charge is 0.307 e. The Balaban J connectivity index is 0.000000227. The third kappa shape index (κ3) is 17.3. The average molecular weight is 991 g/mol. The molecule has 3 aromatic carbocycles. The van der Waals surface area contributed by atoms with Gasteiger partial charge in [-0.25, -0.2) is 9.97 Å². The third-order valence-electron chi connectivity index (χ3n) is 9.69. The Morgan fingerprint density at radius 2 is 1.26 bits per heavy atom. The van der Waals surface area contributed by atoms with Crippen molar-refractivity contribution >= 4 is 91.0 Å². The van der Waals surface area contributed by atoms with E-state index in [1.165, 1.54) is 6.20 Å². The highest BCUT2D eigenvalue weighted by Crippen LogP contribution is 2.22. The van der Waals surface area contributed by atoms with Crippen LogP contribution in [0.3, 0.4) is 0 Å². The molecule has 6 N–H and O–H groups in total. The van der Waals surface area contributed by atoms with Crippen molar-refractivity contribution in [2.45, 2.75) is 52.5 Å². The van der Waals surface area contributed by atoms with Crippen LogP contribution in [0.25, 0.3) is 32.7 Å². The number of alkyl halides is 1. The molecule has 0 saturated heterocycles. The molecule has 13 nitrogen and oxygen atoms in total. The number of nitrogen functional groups attached to an aromatic ring is 1. The van der Waals surface area contributed by atoms with Gasteiger partial charge in [-0.05, 0) is 102 Å². The number of carbonyl (C=O) groups excluding carboxylic acids is 2. The molecule has 0 fully saturated rings. The quantitative estimate of drug-likeness (QED) is 0.0892. The highest BCUT2D eigenvalue weighted by Gasteiger charge is 2.15. The molecular weight excluding hydrogens is 942 g/mol. The summed E-state index contributed by atoms with van der Waals surface area (Å²) in [6.45, 7) is 4.48. The van der Waals surface area contributed by atoms with Gasteiger partial charge in [0.25, 0.3) is 5.91 Å². The van der Waals surface area contributed by atoms with Crippen molar-refractivity contribution in [2.24, 2.45) is 5.73 Å². The van der Waals surface area contributed by atoms with Crippen LogP contribution in [0.2, 0.25) is 15.1 Å². The lowest BCUT2D eigenvalue weighted by Crippen LogP contribution is -2.23. The van der Waals surface area contributed by atoms with E-state index >= 15 is 0 Å². The first kappa shape index (κ1) is 52.5. The molecule has 17 heteroatoms. The number of carboxylic acid groups (broad SMARTS) is 1. The Bertz CT molecular complexity index is 3150. The number of benzene rings is 3. The largest absolute Gasteiger partial charge is 0.481 e. The van der Waals surface area contributed by atoms with Crippen LogP contribution in [-0.2, 0) is 35.4 Å². The zero-order chi connectivity index (χ0) is 51.2. The van der Waals surface area contributed by atoms with Crippen LogP contribution in [0.1, 0.15) is 64.2 Å². The summed E-state index contributed by atoms with van der Waals surface area (Å²) in [5.41, 5.74) is 18.5. The number of aliphatic carboxylic acids is 1. The number of ketones is 1. The third-order valence-corrected chi connectivity index (χ3v) is 10.3. The summed E-state index contributed by atoms with van der Waals surface area (Å²) in [4.78, 5) is 55.7. The average Bonchev–Trinajstić information content (AvgIpc) is 3.79. The molecule has 69 heavy (non-hydrogen) atoms. The first-order valence-corrected chi connectivity index (χ1v) is 21.9. The van der Waals surface area contributed by atoms with E-state index in [4.69, 9.17) is 63.6 Å². The lowest BCUT2D eigenvalue weighted by atomic mass is 10.0. The van der Waals surface area contributed by atoms with Crippen molar-refractivity contribution in [1.29, 1.82) is 0 Å². The van der Waals surface area contributed by atoms with Gasteiger partial charge in [-0.1, -0.05) is 58.9 Å². The molecule has 354 valence electrons. The Labute approximate surface area is 415 Å². The number of carbonyl (C=O) groups is 3. The lowest BCUT2D eigenvalue weighted by molar-refractivity contribution is -0.136. The number of aromatic nitrogens is 5. The molecule has 0 spiro atoms. The first-order valence-electron chi connectivity index (χ1n) is 21.5.